The largest absolute Gasteiger partial charge is 0.385 e. The van der Waals surface area contributed by atoms with Crippen LogP contribution in [0.2, 0.25) is 0 Å². The first-order valence-corrected chi connectivity index (χ1v) is 6.81. The molecule has 0 radical (unpaired) electrons. The molecule has 1 aliphatic rings. The van der Waals surface area contributed by atoms with Gasteiger partial charge < -0.3 is 20.5 Å². The van der Waals surface area contributed by atoms with Gasteiger partial charge in [-0.2, -0.15) is 0 Å². The smallest absolute Gasteiger partial charge is 0.248 e. The van der Waals surface area contributed by atoms with E-state index in [1.54, 1.807) is 14.0 Å². The van der Waals surface area contributed by atoms with Gasteiger partial charge in [-0.1, -0.05) is 0 Å². The standard InChI is InChI=1S/C13H26N2O3/c1-10(13(16)15-7-4-8-17-2)18-12-6-3-5-11(14)9-12/h10-12H,3-9,14H2,1-2H3,(H,15,16). The third kappa shape index (κ3) is 5.80. The summed E-state index contributed by atoms with van der Waals surface area (Å²) in [4.78, 5) is 11.8. The average molecular weight is 258 g/mol. The lowest BCUT2D eigenvalue weighted by Crippen LogP contribution is -2.40. The van der Waals surface area contributed by atoms with E-state index in [0.717, 1.165) is 32.1 Å². The molecule has 1 rings (SSSR count). The quantitative estimate of drug-likeness (QED) is 0.663. The highest BCUT2D eigenvalue weighted by atomic mass is 16.5. The van der Waals surface area contributed by atoms with Crippen molar-refractivity contribution in [2.75, 3.05) is 20.3 Å². The van der Waals surface area contributed by atoms with E-state index in [4.69, 9.17) is 15.2 Å². The second-order valence-electron chi connectivity index (χ2n) is 4.96. The van der Waals surface area contributed by atoms with Crippen LogP contribution < -0.4 is 11.1 Å². The van der Waals surface area contributed by atoms with E-state index in [2.05, 4.69) is 5.32 Å². The Morgan fingerprint density at radius 2 is 2.28 bits per heavy atom. The van der Waals surface area contributed by atoms with Crippen LogP contribution in [-0.2, 0) is 14.3 Å². The highest BCUT2D eigenvalue weighted by molar-refractivity contribution is 5.80. The van der Waals surface area contributed by atoms with Crippen molar-refractivity contribution < 1.29 is 14.3 Å². The number of carbonyl (C=O) groups is 1. The van der Waals surface area contributed by atoms with Crippen LogP contribution in [0.3, 0.4) is 0 Å². The molecule has 0 saturated heterocycles. The molecule has 0 aromatic carbocycles. The van der Waals surface area contributed by atoms with Gasteiger partial charge in [0.15, 0.2) is 0 Å². The van der Waals surface area contributed by atoms with Crippen LogP contribution in [-0.4, -0.2) is 44.4 Å². The number of nitrogens with two attached hydrogens (primary N) is 1. The Morgan fingerprint density at radius 1 is 1.50 bits per heavy atom. The van der Waals surface area contributed by atoms with Crippen molar-refractivity contribution >= 4 is 5.91 Å². The normalized spacial score (nSPS) is 25.7. The molecule has 106 valence electrons. The molecule has 5 heteroatoms. The van der Waals surface area contributed by atoms with Crippen LogP contribution in [0.5, 0.6) is 0 Å². The average Bonchev–Trinajstić information content (AvgIpc) is 2.34. The number of rotatable bonds is 7. The molecule has 1 fully saturated rings. The second-order valence-corrected chi connectivity index (χ2v) is 4.96. The topological polar surface area (TPSA) is 73.6 Å². The van der Waals surface area contributed by atoms with Gasteiger partial charge in [-0.25, -0.2) is 0 Å². The van der Waals surface area contributed by atoms with Gasteiger partial charge in [0.05, 0.1) is 6.10 Å². The molecule has 0 spiro atoms. The maximum absolute atomic E-state index is 11.8. The molecule has 3 unspecified atom stereocenters. The molecule has 5 nitrogen and oxygen atoms in total. The van der Waals surface area contributed by atoms with Crippen LogP contribution in [0.25, 0.3) is 0 Å². The molecular weight excluding hydrogens is 232 g/mol. The van der Waals surface area contributed by atoms with E-state index in [9.17, 15) is 4.79 Å². The lowest BCUT2D eigenvalue weighted by molar-refractivity contribution is -0.136. The number of hydrogen-bond donors (Lipinski definition) is 2. The molecule has 0 aromatic heterocycles. The van der Waals surface area contributed by atoms with Gasteiger partial charge in [-0.3, -0.25) is 4.79 Å². The molecular formula is C13H26N2O3. The van der Waals surface area contributed by atoms with Crippen molar-refractivity contribution in [1.29, 1.82) is 0 Å². The Kier molecular flexibility index (Phi) is 7.23. The Labute approximate surface area is 109 Å². The van der Waals surface area contributed by atoms with Crippen LogP contribution >= 0.6 is 0 Å². The van der Waals surface area contributed by atoms with E-state index >= 15 is 0 Å². The number of ether oxygens (including phenoxy) is 2. The van der Waals surface area contributed by atoms with E-state index in [1.807, 2.05) is 0 Å². The van der Waals surface area contributed by atoms with Crippen molar-refractivity contribution in [3.8, 4) is 0 Å². The Bertz CT molecular complexity index is 248. The van der Waals surface area contributed by atoms with E-state index in [1.165, 1.54) is 0 Å². The first-order valence-electron chi connectivity index (χ1n) is 6.81. The van der Waals surface area contributed by atoms with E-state index in [-0.39, 0.29) is 18.1 Å². The zero-order chi connectivity index (χ0) is 13.4. The molecule has 0 heterocycles. The van der Waals surface area contributed by atoms with Crippen molar-refractivity contribution in [3.05, 3.63) is 0 Å². The number of amides is 1. The summed E-state index contributed by atoms with van der Waals surface area (Å²) in [6, 6.07) is 0.223. The van der Waals surface area contributed by atoms with Crippen molar-refractivity contribution in [3.63, 3.8) is 0 Å². The SMILES string of the molecule is COCCCNC(=O)C(C)OC1CCCC(N)C1. The third-order valence-corrected chi connectivity index (χ3v) is 3.26. The predicted octanol–water partition coefficient (Wildman–Crippen LogP) is 0.814. The monoisotopic (exact) mass is 258 g/mol. The summed E-state index contributed by atoms with van der Waals surface area (Å²) in [7, 11) is 1.65. The summed E-state index contributed by atoms with van der Waals surface area (Å²) >= 11 is 0. The van der Waals surface area contributed by atoms with Crippen molar-refractivity contribution in [1.82, 2.24) is 5.32 Å². The first kappa shape index (κ1) is 15.4. The minimum absolute atomic E-state index is 0.0507. The fourth-order valence-corrected chi connectivity index (χ4v) is 2.23. The molecule has 0 aromatic rings. The van der Waals surface area contributed by atoms with Gasteiger partial charge in [-0.05, 0) is 39.0 Å². The summed E-state index contributed by atoms with van der Waals surface area (Å²) in [5, 5.41) is 2.84. The zero-order valence-corrected chi connectivity index (χ0v) is 11.5. The van der Waals surface area contributed by atoms with Crippen LogP contribution in [0, 0.1) is 0 Å². The minimum Gasteiger partial charge on any atom is -0.385 e. The maximum Gasteiger partial charge on any atom is 0.248 e. The van der Waals surface area contributed by atoms with Gasteiger partial charge in [0.25, 0.3) is 0 Å². The fraction of sp³-hybridized carbons (Fsp3) is 0.923. The van der Waals surface area contributed by atoms with Gasteiger partial charge in [0, 0.05) is 26.3 Å². The lowest BCUT2D eigenvalue weighted by Gasteiger charge is -2.28. The zero-order valence-electron chi connectivity index (χ0n) is 11.5. The Morgan fingerprint density at radius 3 is 2.94 bits per heavy atom. The second kappa shape index (κ2) is 8.45. The molecule has 18 heavy (non-hydrogen) atoms. The molecule has 1 aliphatic carbocycles. The predicted molar refractivity (Wildman–Crippen MR) is 70.3 cm³/mol. The minimum atomic E-state index is -0.400. The lowest BCUT2D eigenvalue weighted by atomic mass is 9.93. The van der Waals surface area contributed by atoms with E-state index < -0.39 is 6.10 Å². The Hall–Kier alpha value is -0.650. The summed E-state index contributed by atoms with van der Waals surface area (Å²) in [6.07, 6.45) is 4.58. The molecule has 1 amide bonds. The van der Waals surface area contributed by atoms with Crippen LogP contribution in [0.4, 0.5) is 0 Å². The summed E-state index contributed by atoms with van der Waals surface area (Å²) < 4.78 is 10.7. The molecule has 0 aliphatic heterocycles. The first-order chi connectivity index (χ1) is 8.63. The van der Waals surface area contributed by atoms with Crippen LogP contribution in [0.15, 0.2) is 0 Å². The number of methoxy groups -OCH3 is 1. The van der Waals surface area contributed by atoms with Gasteiger partial charge >= 0.3 is 0 Å². The molecule has 3 N–H and O–H groups in total. The number of nitrogens with one attached hydrogen (secondary N) is 1. The van der Waals surface area contributed by atoms with E-state index in [0.29, 0.717) is 13.2 Å². The summed E-state index contributed by atoms with van der Waals surface area (Å²) in [6.45, 7) is 3.09. The van der Waals surface area contributed by atoms with Gasteiger partial charge in [0.2, 0.25) is 5.91 Å². The third-order valence-electron chi connectivity index (χ3n) is 3.26. The fourth-order valence-electron chi connectivity index (χ4n) is 2.23. The maximum atomic E-state index is 11.8. The molecule has 0 bridgehead atoms. The molecule has 1 saturated carbocycles. The molecule has 3 atom stereocenters. The Balaban J connectivity index is 2.18. The van der Waals surface area contributed by atoms with Gasteiger partial charge in [0.1, 0.15) is 6.10 Å². The number of carbonyl (C=O) groups excluding carboxylic acids is 1. The van der Waals surface area contributed by atoms with Crippen molar-refractivity contribution in [2.24, 2.45) is 5.73 Å². The summed E-state index contributed by atoms with van der Waals surface area (Å²) in [5.74, 6) is -0.0507. The van der Waals surface area contributed by atoms with Crippen LogP contribution in [0.1, 0.15) is 39.0 Å². The highest BCUT2D eigenvalue weighted by Crippen LogP contribution is 2.20. The number of hydrogen-bond acceptors (Lipinski definition) is 4. The van der Waals surface area contributed by atoms with Crippen molar-refractivity contribution in [2.45, 2.75) is 57.3 Å². The van der Waals surface area contributed by atoms with Gasteiger partial charge in [-0.15, -0.1) is 0 Å². The highest BCUT2D eigenvalue weighted by Gasteiger charge is 2.24. The summed E-state index contributed by atoms with van der Waals surface area (Å²) in [5.41, 5.74) is 5.90.